The molecule has 0 saturated heterocycles. The van der Waals surface area contributed by atoms with E-state index in [1.54, 1.807) is 14.2 Å². The standard InChI is InChI=1S/C20H33N3O3/c1-21-20(22-10-4-12-25-16-17-8-9-17)23-15-18-6-3-7-19(14-18)26-13-5-11-24-2/h3,6-7,14,17H,4-5,8-13,15-16H2,1-2H3,(H2,21,22,23). The topological polar surface area (TPSA) is 64.1 Å². The minimum absolute atomic E-state index is 0.663. The number of benzene rings is 1. The molecule has 6 heteroatoms. The highest BCUT2D eigenvalue weighted by molar-refractivity contribution is 5.79. The van der Waals surface area contributed by atoms with Gasteiger partial charge in [-0.25, -0.2) is 0 Å². The quantitative estimate of drug-likeness (QED) is 0.320. The van der Waals surface area contributed by atoms with E-state index in [1.807, 2.05) is 12.1 Å². The number of aliphatic imine (C=N–C) groups is 1. The van der Waals surface area contributed by atoms with E-state index in [0.29, 0.717) is 13.2 Å². The summed E-state index contributed by atoms with van der Waals surface area (Å²) in [6.45, 7) is 4.67. The zero-order chi connectivity index (χ0) is 18.5. The van der Waals surface area contributed by atoms with Crippen molar-refractivity contribution < 1.29 is 14.2 Å². The predicted molar refractivity (Wildman–Crippen MR) is 105 cm³/mol. The highest BCUT2D eigenvalue weighted by Gasteiger charge is 2.20. The maximum atomic E-state index is 5.74. The van der Waals surface area contributed by atoms with Crippen molar-refractivity contribution in [1.29, 1.82) is 0 Å². The molecule has 0 aromatic heterocycles. The van der Waals surface area contributed by atoms with Crippen LogP contribution in [0.5, 0.6) is 5.75 Å². The van der Waals surface area contributed by atoms with E-state index in [2.05, 4.69) is 27.8 Å². The van der Waals surface area contributed by atoms with Gasteiger partial charge in [0.05, 0.1) is 6.61 Å². The maximum absolute atomic E-state index is 5.74. The molecule has 1 aliphatic carbocycles. The van der Waals surface area contributed by atoms with E-state index in [9.17, 15) is 0 Å². The van der Waals surface area contributed by atoms with Crippen LogP contribution in [0.4, 0.5) is 0 Å². The van der Waals surface area contributed by atoms with Gasteiger partial charge in [0.2, 0.25) is 0 Å². The molecule has 146 valence electrons. The van der Waals surface area contributed by atoms with Crippen molar-refractivity contribution >= 4 is 5.96 Å². The second-order valence-corrected chi connectivity index (χ2v) is 6.57. The molecule has 6 nitrogen and oxygen atoms in total. The van der Waals surface area contributed by atoms with Gasteiger partial charge in [0.25, 0.3) is 0 Å². The number of nitrogens with zero attached hydrogens (tertiary/aromatic N) is 1. The summed E-state index contributed by atoms with van der Waals surface area (Å²) in [7, 11) is 3.49. The van der Waals surface area contributed by atoms with Gasteiger partial charge in [0, 0.05) is 53.5 Å². The zero-order valence-electron chi connectivity index (χ0n) is 16.1. The minimum atomic E-state index is 0.663. The smallest absolute Gasteiger partial charge is 0.191 e. The normalized spacial score (nSPS) is 14.3. The van der Waals surface area contributed by atoms with Crippen LogP contribution in [0, 0.1) is 5.92 Å². The van der Waals surface area contributed by atoms with Crippen molar-refractivity contribution in [3.05, 3.63) is 29.8 Å². The maximum Gasteiger partial charge on any atom is 0.191 e. The fraction of sp³-hybridized carbons (Fsp3) is 0.650. The Morgan fingerprint density at radius 1 is 1.15 bits per heavy atom. The van der Waals surface area contributed by atoms with Crippen molar-refractivity contribution in [2.24, 2.45) is 10.9 Å². The first-order chi connectivity index (χ1) is 12.8. The Labute approximate surface area is 157 Å². The fourth-order valence-electron chi connectivity index (χ4n) is 2.46. The highest BCUT2D eigenvalue weighted by atomic mass is 16.5. The fourth-order valence-corrected chi connectivity index (χ4v) is 2.46. The number of nitrogens with one attached hydrogen (secondary N) is 2. The minimum Gasteiger partial charge on any atom is -0.493 e. The Morgan fingerprint density at radius 3 is 2.81 bits per heavy atom. The molecular weight excluding hydrogens is 330 g/mol. The van der Waals surface area contributed by atoms with Gasteiger partial charge in [-0.2, -0.15) is 0 Å². The average Bonchev–Trinajstić information content (AvgIpc) is 3.49. The van der Waals surface area contributed by atoms with E-state index in [0.717, 1.165) is 62.4 Å². The van der Waals surface area contributed by atoms with Crippen LogP contribution in [-0.2, 0) is 16.0 Å². The number of ether oxygens (including phenoxy) is 3. The second kappa shape index (κ2) is 12.5. The van der Waals surface area contributed by atoms with Gasteiger partial charge in [-0.05, 0) is 42.9 Å². The van der Waals surface area contributed by atoms with E-state index >= 15 is 0 Å². The Balaban J connectivity index is 1.60. The first-order valence-corrected chi connectivity index (χ1v) is 9.54. The summed E-state index contributed by atoms with van der Waals surface area (Å²) in [4.78, 5) is 4.26. The molecule has 1 aromatic carbocycles. The molecule has 1 aromatic rings. The molecule has 2 rings (SSSR count). The molecular formula is C20H33N3O3. The van der Waals surface area contributed by atoms with Crippen LogP contribution in [0.25, 0.3) is 0 Å². The number of methoxy groups -OCH3 is 1. The van der Waals surface area contributed by atoms with Gasteiger partial charge >= 0.3 is 0 Å². The molecule has 0 heterocycles. The van der Waals surface area contributed by atoms with E-state index in [-0.39, 0.29) is 0 Å². The van der Waals surface area contributed by atoms with E-state index in [1.165, 1.54) is 12.8 Å². The van der Waals surface area contributed by atoms with Crippen molar-refractivity contribution in [1.82, 2.24) is 10.6 Å². The molecule has 0 atom stereocenters. The average molecular weight is 364 g/mol. The Bertz CT molecular complexity index is 533. The van der Waals surface area contributed by atoms with Crippen LogP contribution >= 0.6 is 0 Å². The SMILES string of the molecule is CN=C(NCCCOCC1CC1)NCc1cccc(OCCCOC)c1. The number of rotatable bonds is 13. The van der Waals surface area contributed by atoms with Crippen molar-refractivity contribution in [3.8, 4) is 5.75 Å². The van der Waals surface area contributed by atoms with E-state index < -0.39 is 0 Å². The summed E-state index contributed by atoms with van der Waals surface area (Å²) in [5.74, 6) is 2.52. The summed E-state index contributed by atoms with van der Waals surface area (Å²) in [6.07, 6.45) is 4.56. The Morgan fingerprint density at radius 2 is 2.04 bits per heavy atom. The van der Waals surface area contributed by atoms with Crippen LogP contribution in [0.15, 0.2) is 29.3 Å². The largest absolute Gasteiger partial charge is 0.493 e. The highest BCUT2D eigenvalue weighted by Crippen LogP contribution is 2.28. The summed E-state index contributed by atoms with van der Waals surface area (Å²) >= 11 is 0. The Hall–Kier alpha value is -1.79. The third-order valence-electron chi connectivity index (χ3n) is 4.15. The molecule has 1 saturated carbocycles. The second-order valence-electron chi connectivity index (χ2n) is 6.57. The molecule has 0 unspecified atom stereocenters. The van der Waals surface area contributed by atoms with Gasteiger partial charge in [-0.3, -0.25) is 4.99 Å². The third kappa shape index (κ3) is 9.06. The molecule has 0 spiro atoms. The molecule has 2 N–H and O–H groups in total. The predicted octanol–water partition coefficient (Wildman–Crippen LogP) is 2.58. The van der Waals surface area contributed by atoms with Crippen LogP contribution in [0.1, 0.15) is 31.2 Å². The van der Waals surface area contributed by atoms with Crippen LogP contribution in [0.3, 0.4) is 0 Å². The summed E-state index contributed by atoms with van der Waals surface area (Å²) < 4.78 is 16.4. The van der Waals surface area contributed by atoms with Crippen LogP contribution in [0.2, 0.25) is 0 Å². The molecule has 1 aliphatic rings. The van der Waals surface area contributed by atoms with Gasteiger partial charge in [0.1, 0.15) is 5.75 Å². The molecule has 0 amide bonds. The lowest BCUT2D eigenvalue weighted by Crippen LogP contribution is -2.37. The number of guanidine groups is 1. The molecule has 26 heavy (non-hydrogen) atoms. The lowest BCUT2D eigenvalue weighted by atomic mass is 10.2. The van der Waals surface area contributed by atoms with Crippen molar-refractivity contribution in [2.45, 2.75) is 32.2 Å². The Kier molecular flexibility index (Phi) is 9.90. The van der Waals surface area contributed by atoms with Gasteiger partial charge in [-0.1, -0.05) is 12.1 Å². The third-order valence-corrected chi connectivity index (χ3v) is 4.15. The van der Waals surface area contributed by atoms with Crippen molar-refractivity contribution in [3.63, 3.8) is 0 Å². The summed E-state index contributed by atoms with van der Waals surface area (Å²) in [6, 6.07) is 8.12. The number of hydrogen-bond acceptors (Lipinski definition) is 4. The molecule has 0 aliphatic heterocycles. The van der Waals surface area contributed by atoms with Crippen LogP contribution in [-0.4, -0.2) is 53.1 Å². The lowest BCUT2D eigenvalue weighted by molar-refractivity contribution is 0.123. The zero-order valence-corrected chi connectivity index (χ0v) is 16.1. The lowest BCUT2D eigenvalue weighted by Gasteiger charge is -2.13. The molecule has 1 fully saturated rings. The van der Waals surface area contributed by atoms with Crippen LogP contribution < -0.4 is 15.4 Å². The van der Waals surface area contributed by atoms with Crippen molar-refractivity contribution in [2.75, 3.05) is 47.1 Å². The summed E-state index contributed by atoms with van der Waals surface area (Å²) in [5, 5.41) is 6.65. The monoisotopic (exact) mass is 363 g/mol. The van der Waals surface area contributed by atoms with Gasteiger partial charge < -0.3 is 24.8 Å². The summed E-state index contributed by atoms with van der Waals surface area (Å²) in [5.41, 5.74) is 1.16. The van der Waals surface area contributed by atoms with Gasteiger partial charge in [0.15, 0.2) is 5.96 Å². The first-order valence-electron chi connectivity index (χ1n) is 9.54. The number of hydrogen-bond donors (Lipinski definition) is 2. The first kappa shape index (κ1) is 20.5. The van der Waals surface area contributed by atoms with Gasteiger partial charge in [-0.15, -0.1) is 0 Å². The molecule has 0 bridgehead atoms. The molecule has 0 radical (unpaired) electrons. The van der Waals surface area contributed by atoms with E-state index in [4.69, 9.17) is 14.2 Å².